The molecule has 4 aliphatic rings. The van der Waals surface area contributed by atoms with E-state index in [1.165, 1.54) is 25.7 Å². The fourth-order valence-corrected chi connectivity index (χ4v) is 8.04. The van der Waals surface area contributed by atoms with Crippen LogP contribution in [0.25, 0.3) is 0 Å². The molecular weight excluding hydrogens is 408 g/mol. The summed E-state index contributed by atoms with van der Waals surface area (Å²) in [5.41, 5.74) is 0.439. The van der Waals surface area contributed by atoms with Crippen LogP contribution in [0.4, 0.5) is 0 Å². The number of hydrogen-bond donors (Lipinski definition) is 0. The van der Waals surface area contributed by atoms with Gasteiger partial charge in [-0.2, -0.15) is 0 Å². The Labute approximate surface area is 191 Å². The Balaban J connectivity index is 1.29. The van der Waals surface area contributed by atoms with Gasteiger partial charge in [0.2, 0.25) is 0 Å². The van der Waals surface area contributed by atoms with Crippen LogP contribution >= 0.6 is 11.6 Å². The lowest BCUT2D eigenvalue weighted by Gasteiger charge is -2.59. The van der Waals surface area contributed by atoms with Gasteiger partial charge < -0.3 is 9.47 Å². The minimum atomic E-state index is -0.158. The van der Waals surface area contributed by atoms with E-state index in [0.29, 0.717) is 17.3 Å². The fourth-order valence-electron chi connectivity index (χ4n) is 7.86. The first-order valence-corrected chi connectivity index (χ1v) is 12.4. The van der Waals surface area contributed by atoms with Crippen molar-refractivity contribution in [1.82, 2.24) is 0 Å². The number of rotatable bonds is 4. The van der Waals surface area contributed by atoms with Gasteiger partial charge in [0.15, 0.2) is 0 Å². The SMILES string of the molecule is CC1CC2OC(=O)C=C[C@]2(C)[C@@H]2CC[C@]3(C)CC(CCOc4cccc(Cl)c4)C[C@H]3[C@H]12. The lowest BCUT2D eigenvalue weighted by atomic mass is 9.47. The van der Waals surface area contributed by atoms with Crippen molar-refractivity contribution >= 4 is 17.6 Å². The van der Waals surface area contributed by atoms with E-state index in [2.05, 4.69) is 26.8 Å². The molecule has 0 bridgehead atoms. The highest BCUT2D eigenvalue weighted by molar-refractivity contribution is 6.30. The first-order chi connectivity index (χ1) is 14.8. The second-order valence-electron chi connectivity index (χ2n) is 11.2. The molecule has 168 valence electrons. The second-order valence-corrected chi connectivity index (χ2v) is 11.7. The average Bonchev–Trinajstić information content (AvgIpc) is 3.06. The minimum Gasteiger partial charge on any atom is -0.494 e. The average molecular weight is 443 g/mol. The Hall–Kier alpha value is -1.48. The van der Waals surface area contributed by atoms with Crippen LogP contribution in [0.2, 0.25) is 5.02 Å². The van der Waals surface area contributed by atoms with Crippen molar-refractivity contribution < 1.29 is 14.3 Å². The quantitative estimate of drug-likeness (QED) is 0.487. The van der Waals surface area contributed by atoms with Crippen molar-refractivity contribution in [1.29, 1.82) is 0 Å². The third-order valence-electron chi connectivity index (χ3n) is 9.36. The van der Waals surface area contributed by atoms with E-state index in [0.717, 1.165) is 48.0 Å². The van der Waals surface area contributed by atoms with Crippen LogP contribution in [-0.4, -0.2) is 18.7 Å². The molecule has 0 N–H and O–H groups in total. The van der Waals surface area contributed by atoms with E-state index < -0.39 is 0 Å². The van der Waals surface area contributed by atoms with Crippen LogP contribution < -0.4 is 4.74 Å². The molecule has 8 atom stereocenters. The van der Waals surface area contributed by atoms with Gasteiger partial charge >= 0.3 is 5.97 Å². The summed E-state index contributed by atoms with van der Waals surface area (Å²) in [6.45, 7) is 8.06. The number of fused-ring (bicyclic) bond motifs is 5. The van der Waals surface area contributed by atoms with Crippen LogP contribution in [-0.2, 0) is 9.53 Å². The van der Waals surface area contributed by atoms with Crippen LogP contribution in [0.5, 0.6) is 5.75 Å². The number of esters is 1. The Morgan fingerprint density at radius 3 is 2.87 bits per heavy atom. The van der Waals surface area contributed by atoms with Crippen molar-refractivity contribution in [2.24, 2.45) is 40.4 Å². The fraction of sp³-hybridized carbons (Fsp3) is 0.667. The number of benzene rings is 1. The molecule has 1 heterocycles. The highest BCUT2D eigenvalue weighted by Crippen LogP contribution is 2.66. The summed E-state index contributed by atoms with van der Waals surface area (Å²) in [6.07, 6.45) is 11.2. The molecule has 0 spiro atoms. The summed E-state index contributed by atoms with van der Waals surface area (Å²) in [5, 5.41) is 0.725. The molecule has 4 heteroatoms. The molecule has 3 saturated carbocycles. The van der Waals surface area contributed by atoms with Gasteiger partial charge in [0.25, 0.3) is 0 Å². The molecule has 31 heavy (non-hydrogen) atoms. The molecule has 0 aromatic heterocycles. The molecule has 0 radical (unpaired) electrons. The van der Waals surface area contributed by atoms with Gasteiger partial charge in [-0.15, -0.1) is 0 Å². The zero-order valence-corrected chi connectivity index (χ0v) is 19.7. The van der Waals surface area contributed by atoms with Gasteiger partial charge in [-0.3, -0.25) is 0 Å². The maximum Gasteiger partial charge on any atom is 0.330 e. The Kier molecular flexibility index (Phi) is 5.40. The molecule has 3 nitrogen and oxygen atoms in total. The van der Waals surface area contributed by atoms with E-state index in [1.807, 2.05) is 24.3 Å². The summed E-state index contributed by atoms with van der Waals surface area (Å²) in [4.78, 5) is 11.9. The third-order valence-corrected chi connectivity index (χ3v) is 9.59. The normalized spacial score (nSPS) is 43.5. The van der Waals surface area contributed by atoms with Gasteiger partial charge in [-0.25, -0.2) is 4.79 Å². The van der Waals surface area contributed by atoms with Crippen LogP contribution in [0.1, 0.15) is 59.3 Å². The molecule has 3 fully saturated rings. The molecular formula is C27H35ClO3. The summed E-state index contributed by atoms with van der Waals surface area (Å²) in [6, 6.07) is 7.70. The first-order valence-electron chi connectivity index (χ1n) is 12.1. The molecule has 0 amide bonds. The Morgan fingerprint density at radius 1 is 1.23 bits per heavy atom. The number of carbonyl (C=O) groups is 1. The number of hydrogen-bond acceptors (Lipinski definition) is 3. The van der Waals surface area contributed by atoms with E-state index >= 15 is 0 Å². The van der Waals surface area contributed by atoms with Crippen LogP contribution in [0, 0.1) is 40.4 Å². The van der Waals surface area contributed by atoms with E-state index in [-0.39, 0.29) is 17.5 Å². The summed E-state index contributed by atoms with van der Waals surface area (Å²) >= 11 is 6.09. The van der Waals surface area contributed by atoms with Gasteiger partial charge in [0, 0.05) is 16.5 Å². The lowest BCUT2D eigenvalue weighted by molar-refractivity contribution is -0.173. The second kappa shape index (κ2) is 7.83. The van der Waals surface area contributed by atoms with Crippen molar-refractivity contribution in [3.63, 3.8) is 0 Å². The number of halogens is 1. The van der Waals surface area contributed by atoms with Gasteiger partial charge in [-0.1, -0.05) is 44.5 Å². The predicted molar refractivity (Wildman–Crippen MR) is 123 cm³/mol. The van der Waals surface area contributed by atoms with Gasteiger partial charge in [0.05, 0.1) is 6.61 Å². The van der Waals surface area contributed by atoms with Gasteiger partial charge in [-0.05, 0) is 91.7 Å². The summed E-state index contributed by atoms with van der Waals surface area (Å²) < 4.78 is 11.8. The standard InChI is InChI=1S/C27H35ClO3/c1-17-13-23-27(3,11-8-24(29)31-23)21-7-10-26(2)16-18(14-22(26)25(17)21)9-12-30-20-6-4-5-19(28)15-20/h4-6,8,11,15,17-18,21-23,25H,7,9-10,12-14,16H2,1-3H3/t17?,18?,21-,22+,23?,25-,26-,27-/m1/s1. The zero-order valence-electron chi connectivity index (χ0n) is 19.0. The molecule has 1 aromatic rings. The lowest BCUT2D eigenvalue weighted by Crippen LogP contribution is -2.57. The van der Waals surface area contributed by atoms with Crippen molar-refractivity contribution in [3.8, 4) is 5.75 Å². The van der Waals surface area contributed by atoms with Crippen LogP contribution in [0.15, 0.2) is 36.4 Å². The summed E-state index contributed by atoms with van der Waals surface area (Å²) in [5.74, 6) is 4.15. The third kappa shape index (κ3) is 3.71. The number of ether oxygens (including phenoxy) is 2. The molecule has 3 aliphatic carbocycles. The molecule has 1 aliphatic heterocycles. The minimum absolute atomic E-state index is 0.000190. The van der Waals surface area contributed by atoms with Gasteiger partial charge in [0.1, 0.15) is 11.9 Å². The molecule has 3 unspecified atom stereocenters. The smallest absolute Gasteiger partial charge is 0.330 e. The predicted octanol–water partition coefficient (Wildman–Crippen LogP) is 6.70. The summed E-state index contributed by atoms with van der Waals surface area (Å²) in [7, 11) is 0. The van der Waals surface area contributed by atoms with E-state index in [4.69, 9.17) is 21.1 Å². The van der Waals surface area contributed by atoms with Crippen molar-refractivity contribution in [3.05, 3.63) is 41.4 Å². The topological polar surface area (TPSA) is 35.5 Å². The Bertz CT molecular complexity index is 881. The molecule has 1 aromatic carbocycles. The maximum atomic E-state index is 11.9. The van der Waals surface area contributed by atoms with E-state index in [1.54, 1.807) is 6.08 Å². The molecule has 0 saturated heterocycles. The first kappa shape index (κ1) is 21.4. The Morgan fingerprint density at radius 2 is 2.06 bits per heavy atom. The van der Waals surface area contributed by atoms with E-state index in [9.17, 15) is 4.79 Å². The monoisotopic (exact) mass is 442 g/mol. The van der Waals surface area contributed by atoms with Crippen LogP contribution in [0.3, 0.4) is 0 Å². The number of carbonyl (C=O) groups excluding carboxylic acids is 1. The maximum absolute atomic E-state index is 11.9. The highest BCUT2D eigenvalue weighted by Gasteiger charge is 2.61. The van der Waals surface area contributed by atoms with Crippen molar-refractivity contribution in [2.75, 3.05) is 6.61 Å². The molecule has 5 rings (SSSR count). The highest BCUT2D eigenvalue weighted by atomic mass is 35.5. The van der Waals surface area contributed by atoms with Crippen molar-refractivity contribution in [2.45, 2.75) is 65.4 Å². The zero-order chi connectivity index (χ0) is 21.8. The largest absolute Gasteiger partial charge is 0.494 e.